The van der Waals surface area contributed by atoms with E-state index in [2.05, 4.69) is 5.32 Å². The van der Waals surface area contributed by atoms with Gasteiger partial charge in [0.2, 0.25) is 0 Å². The lowest BCUT2D eigenvalue weighted by atomic mass is 9.78. The van der Waals surface area contributed by atoms with E-state index in [1.165, 1.54) is 44.9 Å². The third-order valence-corrected chi connectivity index (χ3v) is 6.00. The van der Waals surface area contributed by atoms with Crippen molar-refractivity contribution in [3.05, 3.63) is 0 Å². The molecule has 0 radical (unpaired) electrons. The van der Waals surface area contributed by atoms with E-state index in [1.54, 1.807) is 0 Å². The zero-order valence-corrected chi connectivity index (χ0v) is 12.5. The number of carboxylic acids is 1. The molecule has 0 heterocycles. The largest absolute Gasteiger partial charge is 0.481 e. The topological polar surface area (TPSA) is 49.3 Å². The van der Waals surface area contributed by atoms with E-state index in [1.807, 2.05) is 13.8 Å². The highest BCUT2D eigenvalue weighted by Crippen LogP contribution is 2.50. The molecule has 2 aliphatic carbocycles. The van der Waals surface area contributed by atoms with Gasteiger partial charge < -0.3 is 10.4 Å². The Balaban J connectivity index is 1.99. The third-order valence-electron chi connectivity index (χ3n) is 6.00. The summed E-state index contributed by atoms with van der Waals surface area (Å²) in [5.74, 6) is -0.636. The van der Waals surface area contributed by atoms with E-state index < -0.39 is 11.4 Å². The van der Waals surface area contributed by atoms with Gasteiger partial charge >= 0.3 is 5.97 Å². The zero-order chi connectivity index (χ0) is 13.9. The highest BCUT2D eigenvalue weighted by atomic mass is 16.4. The molecule has 3 nitrogen and oxygen atoms in total. The zero-order valence-electron chi connectivity index (χ0n) is 12.5. The molecular formula is C16H29NO2. The summed E-state index contributed by atoms with van der Waals surface area (Å²) in [6.07, 6.45) is 10.8. The Morgan fingerprint density at radius 1 is 1.21 bits per heavy atom. The maximum Gasteiger partial charge on any atom is 0.310 e. The molecule has 0 aromatic carbocycles. The molecule has 1 spiro atoms. The van der Waals surface area contributed by atoms with Gasteiger partial charge in [0.15, 0.2) is 0 Å². The first kappa shape index (κ1) is 14.8. The van der Waals surface area contributed by atoms with Crippen molar-refractivity contribution in [2.24, 2.45) is 10.8 Å². The molecule has 3 heteroatoms. The van der Waals surface area contributed by atoms with Crippen molar-refractivity contribution >= 4 is 5.97 Å². The van der Waals surface area contributed by atoms with Crippen LogP contribution in [0.4, 0.5) is 0 Å². The molecule has 2 fully saturated rings. The Bertz CT molecular complexity index is 311. The second-order valence-electron chi connectivity index (χ2n) is 6.69. The molecule has 2 N–H and O–H groups in total. The normalized spacial score (nSPS) is 26.1. The molecule has 0 aliphatic heterocycles. The van der Waals surface area contributed by atoms with Gasteiger partial charge in [-0.2, -0.15) is 0 Å². The van der Waals surface area contributed by atoms with E-state index in [9.17, 15) is 9.90 Å². The number of carbonyl (C=O) groups is 1. The van der Waals surface area contributed by atoms with Gasteiger partial charge in [-0.1, -0.05) is 33.1 Å². The average molecular weight is 267 g/mol. The number of nitrogens with one attached hydrogen (secondary N) is 1. The summed E-state index contributed by atoms with van der Waals surface area (Å²) in [5.41, 5.74) is -0.0614. The first-order valence-electron chi connectivity index (χ1n) is 8.05. The van der Waals surface area contributed by atoms with Crippen molar-refractivity contribution in [1.29, 1.82) is 0 Å². The monoisotopic (exact) mass is 267 g/mol. The van der Waals surface area contributed by atoms with Gasteiger partial charge in [0, 0.05) is 12.6 Å². The molecular weight excluding hydrogens is 238 g/mol. The Morgan fingerprint density at radius 3 is 2.32 bits per heavy atom. The predicted octanol–water partition coefficient (Wildman–Crippen LogP) is 3.58. The van der Waals surface area contributed by atoms with E-state index in [0.717, 1.165) is 0 Å². The molecule has 1 atom stereocenters. The number of carboxylic acid groups (broad SMARTS) is 1. The smallest absolute Gasteiger partial charge is 0.310 e. The molecule has 19 heavy (non-hydrogen) atoms. The Kier molecular flexibility index (Phi) is 4.54. The van der Waals surface area contributed by atoms with Crippen LogP contribution in [0.2, 0.25) is 0 Å². The molecule has 0 amide bonds. The van der Waals surface area contributed by atoms with Gasteiger partial charge in [-0.15, -0.1) is 0 Å². The minimum Gasteiger partial charge on any atom is -0.481 e. The van der Waals surface area contributed by atoms with Crippen LogP contribution in [0.15, 0.2) is 0 Å². The van der Waals surface area contributed by atoms with Crippen LogP contribution in [0, 0.1) is 10.8 Å². The lowest BCUT2D eigenvalue weighted by molar-refractivity contribution is -0.149. The fourth-order valence-electron chi connectivity index (χ4n) is 4.33. The van der Waals surface area contributed by atoms with E-state index in [0.29, 0.717) is 30.8 Å². The highest BCUT2D eigenvalue weighted by Gasteiger charge is 2.45. The molecule has 1 unspecified atom stereocenters. The summed E-state index contributed by atoms with van der Waals surface area (Å²) in [6, 6.07) is 0.562. The molecule has 0 saturated heterocycles. The number of hydrogen-bond acceptors (Lipinski definition) is 2. The average Bonchev–Trinajstić information content (AvgIpc) is 3.03. The first-order chi connectivity index (χ1) is 9.08. The predicted molar refractivity (Wildman–Crippen MR) is 77.2 cm³/mol. The standard InChI is InChI=1S/C16H29NO2/c1-3-15(4-2,14(18)19)12-17-13-8-7-11-16(13)9-5-6-10-16/h13,17H,3-12H2,1-2H3,(H,18,19). The van der Waals surface area contributed by atoms with Gasteiger partial charge in [-0.3, -0.25) is 4.79 Å². The van der Waals surface area contributed by atoms with Crippen molar-refractivity contribution in [3.63, 3.8) is 0 Å². The van der Waals surface area contributed by atoms with Crippen molar-refractivity contribution in [2.75, 3.05) is 6.54 Å². The SMILES string of the molecule is CCC(CC)(CNC1CCCC12CCCC2)C(=O)O. The second kappa shape index (κ2) is 5.82. The van der Waals surface area contributed by atoms with E-state index in [4.69, 9.17) is 0 Å². The molecule has 0 bridgehead atoms. The van der Waals surface area contributed by atoms with Crippen molar-refractivity contribution in [1.82, 2.24) is 5.32 Å². The van der Waals surface area contributed by atoms with Crippen LogP contribution in [0.3, 0.4) is 0 Å². The first-order valence-corrected chi connectivity index (χ1v) is 8.05. The van der Waals surface area contributed by atoms with Crippen LogP contribution in [-0.2, 0) is 4.79 Å². The molecule has 2 aliphatic rings. The molecule has 110 valence electrons. The third kappa shape index (κ3) is 2.67. The summed E-state index contributed by atoms with van der Waals surface area (Å²) in [5, 5.41) is 13.2. The van der Waals surface area contributed by atoms with Crippen molar-refractivity contribution < 1.29 is 9.90 Å². The van der Waals surface area contributed by atoms with Crippen LogP contribution >= 0.6 is 0 Å². The minimum atomic E-state index is -0.636. The molecule has 0 aromatic rings. The quantitative estimate of drug-likeness (QED) is 0.773. The summed E-state index contributed by atoms with van der Waals surface area (Å²) in [6.45, 7) is 4.64. The number of rotatable bonds is 6. The van der Waals surface area contributed by atoms with Gasteiger partial charge in [-0.05, 0) is 43.9 Å². The maximum absolute atomic E-state index is 11.6. The van der Waals surface area contributed by atoms with Gasteiger partial charge in [0.25, 0.3) is 0 Å². The minimum absolute atomic E-state index is 0.506. The summed E-state index contributed by atoms with van der Waals surface area (Å²) in [7, 11) is 0. The van der Waals surface area contributed by atoms with Crippen molar-refractivity contribution in [2.45, 2.75) is 77.7 Å². The molecule has 0 aromatic heterocycles. The summed E-state index contributed by atoms with van der Waals surface area (Å²) >= 11 is 0. The summed E-state index contributed by atoms with van der Waals surface area (Å²) < 4.78 is 0. The Labute approximate surface area is 117 Å². The van der Waals surface area contributed by atoms with Crippen LogP contribution in [0.25, 0.3) is 0 Å². The van der Waals surface area contributed by atoms with Gasteiger partial charge in [0.05, 0.1) is 5.41 Å². The molecule has 2 rings (SSSR count). The van der Waals surface area contributed by atoms with Gasteiger partial charge in [0.1, 0.15) is 0 Å². The Hall–Kier alpha value is -0.570. The van der Waals surface area contributed by atoms with Crippen LogP contribution < -0.4 is 5.32 Å². The molecule has 2 saturated carbocycles. The van der Waals surface area contributed by atoms with Gasteiger partial charge in [-0.25, -0.2) is 0 Å². The maximum atomic E-state index is 11.6. The number of aliphatic carboxylic acids is 1. The van der Waals surface area contributed by atoms with Crippen LogP contribution in [0.5, 0.6) is 0 Å². The highest BCUT2D eigenvalue weighted by molar-refractivity contribution is 5.74. The second-order valence-corrected chi connectivity index (χ2v) is 6.69. The lowest BCUT2D eigenvalue weighted by Crippen LogP contribution is -2.47. The fraction of sp³-hybridized carbons (Fsp3) is 0.938. The van der Waals surface area contributed by atoms with Crippen molar-refractivity contribution in [3.8, 4) is 0 Å². The lowest BCUT2D eigenvalue weighted by Gasteiger charge is -2.35. The summed E-state index contributed by atoms with van der Waals surface area (Å²) in [4.78, 5) is 11.6. The Morgan fingerprint density at radius 2 is 1.79 bits per heavy atom. The van der Waals surface area contributed by atoms with Crippen LogP contribution in [-0.4, -0.2) is 23.7 Å². The number of hydrogen-bond donors (Lipinski definition) is 2. The van der Waals surface area contributed by atoms with E-state index >= 15 is 0 Å². The van der Waals surface area contributed by atoms with Crippen LogP contribution in [0.1, 0.15) is 71.6 Å². The fourth-order valence-corrected chi connectivity index (χ4v) is 4.33. The van der Waals surface area contributed by atoms with E-state index in [-0.39, 0.29) is 0 Å².